The predicted molar refractivity (Wildman–Crippen MR) is 71.7 cm³/mol. The molecule has 6 heteroatoms. The van der Waals surface area contributed by atoms with Crippen LogP contribution in [0.2, 0.25) is 0 Å². The minimum atomic E-state index is -0.393. The molecule has 0 saturated carbocycles. The number of fused-ring (bicyclic) bond motifs is 1. The number of hydrogen-bond donors (Lipinski definition) is 0. The minimum absolute atomic E-state index is 0.0711. The number of quaternary nitrogens is 1. The quantitative estimate of drug-likeness (QED) is 0.365. The van der Waals surface area contributed by atoms with E-state index >= 15 is 0 Å². The summed E-state index contributed by atoms with van der Waals surface area (Å²) in [6.07, 6.45) is 1.82. The summed E-state index contributed by atoms with van der Waals surface area (Å²) in [7, 11) is 0. The van der Waals surface area contributed by atoms with Crippen molar-refractivity contribution in [1.82, 2.24) is 0 Å². The minimum Gasteiger partial charge on any atom is -0.325 e. The van der Waals surface area contributed by atoms with Gasteiger partial charge in [0.25, 0.3) is 5.69 Å². The van der Waals surface area contributed by atoms with Crippen LogP contribution >= 0.6 is 0 Å². The second-order valence-electron chi connectivity index (χ2n) is 5.32. The van der Waals surface area contributed by atoms with Gasteiger partial charge in [-0.3, -0.25) is 14.6 Å². The first-order valence-electron chi connectivity index (χ1n) is 6.57. The first-order chi connectivity index (χ1) is 9.66. The molecule has 106 valence electrons. The molecule has 1 unspecified atom stereocenters. The Morgan fingerprint density at radius 1 is 1.40 bits per heavy atom. The van der Waals surface area contributed by atoms with Crippen LogP contribution in [-0.4, -0.2) is 42.1 Å². The van der Waals surface area contributed by atoms with E-state index in [0.717, 1.165) is 16.6 Å². The Morgan fingerprint density at radius 2 is 2.15 bits per heavy atom. The van der Waals surface area contributed by atoms with E-state index in [1.165, 1.54) is 12.1 Å². The molecule has 2 saturated heterocycles. The molecular weight excluding hydrogens is 260 g/mol. The van der Waals surface area contributed by atoms with Crippen molar-refractivity contribution in [3.05, 3.63) is 52.6 Å². The van der Waals surface area contributed by atoms with E-state index in [4.69, 9.17) is 9.47 Å². The van der Waals surface area contributed by atoms with Gasteiger partial charge in [0, 0.05) is 12.1 Å². The second-order valence-corrected chi connectivity index (χ2v) is 5.32. The maximum absolute atomic E-state index is 10.7. The Morgan fingerprint density at radius 3 is 2.80 bits per heavy atom. The molecule has 0 aromatic heterocycles. The Bertz CT molecular complexity index is 530. The monoisotopic (exact) mass is 277 g/mol. The van der Waals surface area contributed by atoms with Gasteiger partial charge >= 0.3 is 0 Å². The highest BCUT2D eigenvalue weighted by molar-refractivity contribution is 5.34. The van der Waals surface area contributed by atoms with Crippen LogP contribution in [0.5, 0.6) is 0 Å². The zero-order chi connectivity index (χ0) is 14.2. The Balaban J connectivity index is 1.84. The fourth-order valence-electron chi connectivity index (χ4n) is 3.06. The third-order valence-electron chi connectivity index (χ3n) is 4.13. The van der Waals surface area contributed by atoms with Gasteiger partial charge in [-0.15, -0.1) is 0 Å². The van der Waals surface area contributed by atoms with Gasteiger partial charge in [-0.2, -0.15) is 0 Å². The average molecular weight is 277 g/mol. The molecule has 1 aromatic carbocycles. The third-order valence-corrected chi connectivity index (χ3v) is 4.13. The molecule has 0 radical (unpaired) electrons. The largest absolute Gasteiger partial charge is 0.325 e. The van der Waals surface area contributed by atoms with Crippen LogP contribution in [0.15, 0.2) is 36.9 Å². The van der Waals surface area contributed by atoms with Gasteiger partial charge in [-0.25, -0.2) is 0 Å². The van der Waals surface area contributed by atoms with Gasteiger partial charge in [0.05, 0.1) is 4.92 Å². The summed E-state index contributed by atoms with van der Waals surface area (Å²) in [6, 6.07) is 6.82. The highest BCUT2D eigenvalue weighted by Gasteiger charge is 2.53. The topological polar surface area (TPSA) is 61.6 Å². The van der Waals surface area contributed by atoms with Gasteiger partial charge in [0.15, 0.2) is 13.5 Å². The smallest absolute Gasteiger partial charge is 0.269 e. The van der Waals surface area contributed by atoms with Crippen LogP contribution in [0, 0.1) is 10.1 Å². The summed E-state index contributed by atoms with van der Waals surface area (Å²) in [5.41, 5.74) is 1.07. The van der Waals surface area contributed by atoms with Crippen molar-refractivity contribution < 1.29 is 18.9 Å². The van der Waals surface area contributed by atoms with Crippen LogP contribution in [0.25, 0.3) is 0 Å². The number of nitro groups is 1. The molecule has 1 aromatic rings. The number of rotatable bonds is 4. The lowest BCUT2D eigenvalue weighted by Gasteiger charge is -2.29. The molecule has 2 aliphatic rings. The summed E-state index contributed by atoms with van der Waals surface area (Å²) < 4.78 is 12.3. The van der Waals surface area contributed by atoms with Crippen molar-refractivity contribution in [3.63, 3.8) is 0 Å². The highest BCUT2D eigenvalue weighted by Crippen LogP contribution is 2.40. The van der Waals surface area contributed by atoms with Gasteiger partial charge in [-0.1, -0.05) is 6.58 Å². The Hall–Kier alpha value is -1.76. The fourth-order valence-corrected chi connectivity index (χ4v) is 3.06. The molecule has 6 nitrogen and oxygen atoms in total. The maximum Gasteiger partial charge on any atom is 0.269 e. The van der Waals surface area contributed by atoms with Crippen molar-refractivity contribution in [2.75, 3.05) is 26.6 Å². The molecule has 0 N–H and O–H groups in total. The summed E-state index contributed by atoms with van der Waals surface area (Å²) >= 11 is 0. The molecule has 2 fully saturated rings. The first-order valence-corrected chi connectivity index (χ1v) is 6.57. The number of nitro benzene ring substituents is 1. The summed E-state index contributed by atoms with van der Waals surface area (Å²) in [5, 5.41) is 10.7. The van der Waals surface area contributed by atoms with Crippen LogP contribution in [0.3, 0.4) is 0 Å². The molecule has 3 rings (SSSR count). The first kappa shape index (κ1) is 13.2. The van der Waals surface area contributed by atoms with E-state index in [1.54, 1.807) is 12.1 Å². The standard InChI is InChI=1S/C14H17N2O4/c1-2-7-16-9-19-8-13(16)14(20-10-16)11-3-5-12(6-4-11)15(17)18/h2-6,13-14H,1,7-10H2/q+1/t13-,14-,16?/m0/s1. The molecular formula is C14H17N2O4+. The number of ether oxygens (including phenoxy) is 2. The van der Waals surface area contributed by atoms with E-state index in [9.17, 15) is 10.1 Å². The molecule has 2 aliphatic heterocycles. The van der Waals surface area contributed by atoms with Crippen molar-refractivity contribution in [3.8, 4) is 0 Å². The van der Waals surface area contributed by atoms with E-state index in [1.807, 2.05) is 6.08 Å². The van der Waals surface area contributed by atoms with E-state index in [-0.39, 0.29) is 17.8 Å². The lowest BCUT2D eigenvalue weighted by atomic mass is 10.0. The van der Waals surface area contributed by atoms with Crippen molar-refractivity contribution in [1.29, 1.82) is 0 Å². The van der Waals surface area contributed by atoms with E-state index < -0.39 is 4.92 Å². The molecule has 0 spiro atoms. The molecule has 3 atom stereocenters. The van der Waals surface area contributed by atoms with Gasteiger partial charge < -0.3 is 9.47 Å². The number of nitrogens with zero attached hydrogens (tertiary/aromatic N) is 2. The Labute approximate surface area is 116 Å². The van der Waals surface area contributed by atoms with Gasteiger partial charge in [0.1, 0.15) is 25.3 Å². The van der Waals surface area contributed by atoms with E-state index in [2.05, 4.69) is 6.58 Å². The normalized spacial score (nSPS) is 32.0. The van der Waals surface area contributed by atoms with Crippen LogP contribution in [-0.2, 0) is 9.47 Å². The summed E-state index contributed by atoms with van der Waals surface area (Å²) in [4.78, 5) is 10.3. The maximum atomic E-state index is 10.7. The van der Waals surface area contributed by atoms with Crippen molar-refractivity contribution in [2.24, 2.45) is 0 Å². The predicted octanol–water partition coefficient (Wildman–Crippen LogP) is 1.98. The lowest BCUT2D eigenvalue weighted by molar-refractivity contribution is -0.938. The number of hydrogen-bond acceptors (Lipinski definition) is 4. The molecule has 20 heavy (non-hydrogen) atoms. The van der Waals surface area contributed by atoms with Crippen LogP contribution in [0.4, 0.5) is 5.69 Å². The summed E-state index contributed by atoms with van der Waals surface area (Å²) in [5.74, 6) is 0. The van der Waals surface area contributed by atoms with Crippen molar-refractivity contribution in [2.45, 2.75) is 12.1 Å². The van der Waals surface area contributed by atoms with Crippen molar-refractivity contribution >= 4 is 5.69 Å². The third kappa shape index (κ3) is 2.02. The lowest BCUT2D eigenvalue weighted by Crippen LogP contribution is -2.49. The number of non-ortho nitro benzene ring substituents is 1. The molecule has 2 heterocycles. The average Bonchev–Trinajstić information content (AvgIpc) is 2.97. The van der Waals surface area contributed by atoms with Gasteiger partial charge in [-0.05, 0) is 23.8 Å². The zero-order valence-electron chi connectivity index (χ0n) is 11.1. The Kier molecular flexibility index (Phi) is 3.29. The molecule has 0 amide bonds. The van der Waals surface area contributed by atoms with Gasteiger partial charge in [0.2, 0.25) is 0 Å². The second kappa shape index (κ2) is 4.97. The fraction of sp³-hybridized carbons (Fsp3) is 0.429. The zero-order valence-corrected chi connectivity index (χ0v) is 11.1. The number of benzene rings is 1. The molecule has 0 aliphatic carbocycles. The van der Waals surface area contributed by atoms with E-state index in [0.29, 0.717) is 20.1 Å². The van der Waals surface area contributed by atoms with Crippen LogP contribution in [0.1, 0.15) is 11.7 Å². The molecule has 0 bridgehead atoms. The SMILES string of the molecule is C=CC[N+]12COC[C@H]1[C@H](c1ccc([N+](=O)[O-])cc1)OC2. The van der Waals surface area contributed by atoms with Crippen LogP contribution < -0.4 is 0 Å². The highest BCUT2D eigenvalue weighted by atomic mass is 16.6. The summed E-state index contributed by atoms with van der Waals surface area (Å²) in [6.45, 7) is 6.50.